The predicted octanol–water partition coefficient (Wildman–Crippen LogP) is 0.981. The van der Waals surface area contributed by atoms with Crippen LogP contribution in [0.15, 0.2) is 6.07 Å². The highest BCUT2D eigenvalue weighted by Gasteiger charge is 2.28. The molecule has 0 bridgehead atoms. The number of carbonyl (C=O) groups excluding carboxylic acids is 1. The molecule has 4 nitrogen and oxygen atoms in total. The molecule has 1 aromatic rings. The number of carbonyl (C=O) groups is 1. The maximum Gasteiger partial charge on any atom is 0.207 e. The predicted molar refractivity (Wildman–Crippen MR) is 44.3 cm³/mol. The highest BCUT2D eigenvalue weighted by atomic mass is 16.5. The van der Waals surface area contributed by atoms with Crippen LogP contribution in [0, 0.1) is 6.92 Å². The molecule has 0 saturated carbocycles. The van der Waals surface area contributed by atoms with Crippen molar-refractivity contribution in [2.75, 3.05) is 6.61 Å². The van der Waals surface area contributed by atoms with Crippen LogP contribution in [-0.2, 0) is 0 Å². The zero-order valence-electron chi connectivity index (χ0n) is 7.00. The van der Waals surface area contributed by atoms with Gasteiger partial charge in [-0.05, 0) is 6.92 Å². The number of hydrogen-bond acceptors (Lipinski definition) is 4. The van der Waals surface area contributed by atoms with Crippen LogP contribution in [0.4, 0.5) is 0 Å². The lowest BCUT2D eigenvalue weighted by molar-refractivity contribution is 0.0959. The van der Waals surface area contributed by atoms with Gasteiger partial charge in [-0.1, -0.05) is 0 Å². The van der Waals surface area contributed by atoms with Gasteiger partial charge in [-0.25, -0.2) is 0 Å². The Kier molecular flexibility index (Phi) is 1.45. The molecule has 0 unspecified atom stereocenters. The summed E-state index contributed by atoms with van der Waals surface area (Å²) in [6.07, 6.45) is 0. The van der Waals surface area contributed by atoms with E-state index >= 15 is 0 Å². The first kappa shape index (κ1) is 7.91. The highest BCUT2D eigenvalue weighted by molar-refractivity contribution is 6.05. The van der Waals surface area contributed by atoms with Crippen LogP contribution in [0.5, 0.6) is 17.2 Å². The SMILES string of the molecule is Cc1c(O)cc(O)c2c1OCC2=O. The van der Waals surface area contributed by atoms with E-state index in [1.807, 2.05) is 0 Å². The van der Waals surface area contributed by atoms with Crippen LogP contribution in [0.2, 0.25) is 0 Å². The minimum Gasteiger partial charge on any atom is -0.507 e. The van der Waals surface area contributed by atoms with E-state index in [9.17, 15) is 15.0 Å². The van der Waals surface area contributed by atoms with Crippen molar-refractivity contribution in [1.82, 2.24) is 0 Å². The monoisotopic (exact) mass is 180 g/mol. The lowest BCUT2D eigenvalue weighted by atomic mass is 10.1. The summed E-state index contributed by atoms with van der Waals surface area (Å²) >= 11 is 0. The van der Waals surface area contributed by atoms with Gasteiger partial charge in [0.05, 0.1) is 0 Å². The molecular formula is C9H8O4. The summed E-state index contributed by atoms with van der Waals surface area (Å²) in [5.74, 6) is -0.246. The third-order valence-electron chi connectivity index (χ3n) is 2.11. The van der Waals surface area contributed by atoms with E-state index < -0.39 is 0 Å². The van der Waals surface area contributed by atoms with Crippen molar-refractivity contribution in [3.63, 3.8) is 0 Å². The fraction of sp³-hybridized carbons (Fsp3) is 0.222. The van der Waals surface area contributed by atoms with Crippen LogP contribution in [0.3, 0.4) is 0 Å². The van der Waals surface area contributed by atoms with Crippen molar-refractivity contribution in [1.29, 1.82) is 0 Å². The van der Waals surface area contributed by atoms with Crippen molar-refractivity contribution in [2.24, 2.45) is 0 Å². The molecule has 0 amide bonds. The van der Waals surface area contributed by atoms with Gasteiger partial charge in [0.15, 0.2) is 6.61 Å². The Hall–Kier alpha value is -1.71. The summed E-state index contributed by atoms with van der Waals surface area (Å²) in [6, 6.07) is 1.15. The third-order valence-corrected chi connectivity index (χ3v) is 2.11. The van der Waals surface area contributed by atoms with Gasteiger partial charge < -0.3 is 14.9 Å². The zero-order chi connectivity index (χ0) is 9.59. The van der Waals surface area contributed by atoms with Crippen molar-refractivity contribution in [3.05, 3.63) is 17.2 Å². The summed E-state index contributed by atoms with van der Waals surface area (Å²) in [6.45, 7) is 1.57. The van der Waals surface area contributed by atoms with Crippen LogP contribution in [-0.4, -0.2) is 22.6 Å². The van der Waals surface area contributed by atoms with Crippen molar-refractivity contribution in [2.45, 2.75) is 6.92 Å². The molecule has 0 fully saturated rings. The lowest BCUT2D eigenvalue weighted by Gasteiger charge is -2.05. The number of ether oxygens (including phenoxy) is 1. The second-order valence-corrected chi connectivity index (χ2v) is 2.96. The van der Waals surface area contributed by atoms with Gasteiger partial charge in [0.25, 0.3) is 0 Å². The first-order valence-corrected chi connectivity index (χ1v) is 3.83. The number of benzene rings is 1. The van der Waals surface area contributed by atoms with E-state index in [0.717, 1.165) is 6.07 Å². The first-order chi connectivity index (χ1) is 6.11. The van der Waals surface area contributed by atoms with E-state index in [2.05, 4.69) is 0 Å². The molecule has 2 N–H and O–H groups in total. The highest BCUT2D eigenvalue weighted by Crippen LogP contribution is 2.40. The van der Waals surface area contributed by atoms with E-state index in [1.165, 1.54) is 0 Å². The van der Waals surface area contributed by atoms with E-state index in [-0.39, 0.29) is 29.5 Å². The number of hydrogen-bond donors (Lipinski definition) is 2. The average Bonchev–Trinajstić information content (AvgIpc) is 2.44. The summed E-state index contributed by atoms with van der Waals surface area (Å²) in [5.41, 5.74) is 0.661. The lowest BCUT2D eigenvalue weighted by Crippen LogP contribution is -1.98. The molecule has 0 aromatic heterocycles. The Bertz CT molecular complexity index is 395. The summed E-state index contributed by atoms with van der Waals surface area (Å²) in [4.78, 5) is 11.2. The fourth-order valence-corrected chi connectivity index (χ4v) is 1.39. The van der Waals surface area contributed by atoms with Gasteiger partial charge in [-0.15, -0.1) is 0 Å². The molecule has 0 aliphatic carbocycles. The molecular weight excluding hydrogens is 172 g/mol. The number of aromatic hydroxyl groups is 2. The van der Waals surface area contributed by atoms with E-state index in [1.54, 1.807) is 6.92 Å². The molecule has 13 heavy (non-hydrogen) atoms. The molecule has 1 aromatic carbocycles. The van der Waals surface area contributed by atoms with Crippen molar-refractivity contribution in [3.8, 4) is 17.2 Å². The van der Waals surface area contributed by atoms with Gasteiger partial charge in [0, 0.05) is 11.6 Å². The molecule has 68 valence electrons. The van der Waals surface area contributed by atoms with Crippen molar-refractivity contribution >= 4 is 5.78 Å². The van der Waals surface area contributed by atoms with Crippen molar-refractivity contribution < 1.29 is 19.7 Å². The summed E-state index contributed by atoms with van der Waals surface area (Å²) in [7, 11) is 0. The second kappa shape index (κ2) is 2.39. The summed E-state index contributed by atoms with van der Waals surface area (Å²) < 4.78 is 5.03. The molecule has 0 spiro atoms. The number of rotatable bonds is 0. The molecule has 2 rings (SSSR count). The standard InChI is InChI=1S/C9H8O4/c1-4-5(10)2-6(11)8-7(12)3-13-9(4)8/h2,10-11H,3H2,1H3. The number of phenolic OH excluding ortho intramolecular Hbond substituents is 2. The Morgan fingerprint density at radius 3 is 2.77 bits per heavy atom. The van der Waals surface area contributed by atoms with Gasteiger partial charge in [0.2, 0.25) is 5.78 Å². The topological polar surface area (TPSA) is 66.8 Å². The van der Waals surface area contributed by atoms with E-state index in [0.29, 0.717) is 11.3 Å². The first-order valence-electron chi connectivity index (χ1n) is 3.83. The minimum absolute atomic E-state index is 0.0623. The smallest absolute Gasteiger partial charge is 0.207 e. The molecule has 1 aliphatic heterocycles. The van der Waals surface area contributed by atoms with E-state index in [4.69, 9.17) is 4.74 Å². The Morgan fingerprint density at radius 1 is 1.38 bits per heavy atom. The van der Waals surface area contributed by atoms with Gasteiger partial charge in [0.1, 0.15) is 22.8 Å². The van der Waals surface area contributed by atoms with Gasteiger partial charge >= 0.3 is 0 Å². The number of fused-ring (bicyclic) bond motifs is 1. The van der Waals surface area contributed by atoms with Crippen LogP contribution in [0.1, 0.15) is 15.9 Å². The number of Topliss-reactive ketones (excluding diaryl/α,β-unsaturated/α-hetero) is 1. The Morgan fingerprint density at radius 2 is 2.08 bits per heavy atom. The minimum atomic E-state index is -0.254. The third kappa shape index (κ3) is 0.950. The zero-order valence-corrected chi connectivity index (χ0v) is 7.00. The summed E-state index contributed by atoms with van der Waals surface area (Å²) in [5, 5.41) is 18.6. The molecule has 0 radical (unpaired) electrons. The maximum atomic E-state index is 11.2. The van der Waals surface area contributed by atoms with Crippen LogP contribution in [0.25, 0.3) is 0 Å². The van der Waals surface area contributed by atoms with Crippen LogP contribution >= 0.6 is 0 Å². The average molecular weight is 180 g/mol. The Labute approximate surface area is 74.4 Å². The molecule has 0 saturated heterocycles. The molecule has 4 heteroatoms. The fourth-order valence-electron chi connectivity index (χ4n) is 1.39. The maximum absolute atomic E-state index is 11.2. The molecule has 1 heterocycles. The number of ketones is 1. The van der Waals surface area contributed by atoms with Crippen LogP contribution < -0.4 is 4.74 Å². The normalized spacial score (nSPS) is 14.1. The number of phenols is 2. The molecule has 1 aliphatic rings. The Balaban J connectivity index is 2.76. The molecule has 0 atom stereocenters. The quantitative estimate of drug-likeness (QED) is 0.624. The largest absolute Gasteiger partial charge is 0.507 e. The van der Waals surface area contributed by atoms with Gasteiger partial charge in [-0.2, -0.15) is 0 Å². The van der Waals surface area contributed by atoms with Gasteiger partial charge in [-0.3, -0.25) is 4.79 Å². The second-order valence-electron chi connectivity index (χ2n) is 2.96.